The van der Waals surface area contributed by atoms with Crippen LogP contribution in [0.15, 0.2) is 36.4 Å². The van der Waals surface area contributed by atoms with Crippen molar-refractivity contribution < 1.29 is 75.2 Å². The zero-order valence-corrected chi connectivity index (χ0v) is 13.2. The molecule has 0 aliphatic heterocycles. The van der Waals surface area contributed by atoms with Gasteiger partial charge >= 0.3 is 88.5 Å². The van der Waals surface area contributed by atoms with Crippen molar-refractivity contribution in [3.63, 3.8) is 0 Å². The summed E-state index contributed by atoms with van der Waals surface area (Å²) in [5.41, 5.74) is 0. The Morgan fingerprint density at radius 2 is 0.769 bits per heavy atom. The van der Waals surface area contributed by atoms with Gasteiger partial charge in [-0.2, -0.15) is 0 Å². The predicted molar refractivity (Wildman–Crippen MR) is 33.6 cm³/mol. The molecule has 0 atom stereocenters. The van der Waals surface area contributed by atoms with Gasteiger partial charge in [-0.25, -0.2) is 0 Å². The molecular formula is C6H6Na2O4Se. The average molecular weight is 267 g/mol. The Labute approximate surface area is 123 Å². The quantitative estimate of drug-likeness (QED) is 0.437. The molecule has 62 valence electrons. The normalized spacial score (nSPS) is 8.15. The largest absolute Gasteiger partial charge is 1.00 e. The summed E-state index contributed by atoms with van der Waals surface area (Å²) >= 11 is -5.75. The van der Waals surface area contributed by atoms with Crippen molar-refractivity contribution in [3.8, 4) is 0 Å². The third-order valence-corrected chi connectivity index (χ3v) is 0.667. The Balaban J connectivity index is -0.000000136. The zero-order valence-electron chi connectivity index (χ0n) is 7.51. The summed E-state index contributed by atoms with van der Waals surface area (Å²) in [4.78, 5) is 0. The second kappa shape index (κ2) is 11.3. The zero-order chi connectivity index (χ0) is 8.74. The molecule has 0 unspecified atom stereocenters. The molecule has 0 bridgehead atoms. The molecule has 0 heterocycles. The van der Waals surface area contributed by atoms with Gasteiger partial charge in [0.15, 0.2) is 0 Å². The van der Waals surface area contributed by atoms with E-state index in [0.717, 1.165) is 0 Å². The van der Waals surface area contributed by atoms with Crippen molar-refractivity contribution in [3.05, 3.63) is 36.4 Å². The van der Waals surface area contributed by atoms with Crippen molar-refractivity contribution in [2.75, 3.05) is 0 Å². The summed E-state index contributed by atoms with van der Waals surface area (Å²) in [6, 6.07) is 12.0. The average Bonchev–Trinajstić information content (AvgIpc) is 1.88. The standard InChI is InChI=1S/C6H6.2Na.H2O4Se/c1-2-4-6-5-3-1;;;1-5(2,3)4/h1-6H;;;(H2,1,2,3,4)/q;2*+1;/p-2. The van der Waals surface area contributed by atoms with Gasteiger partial charge in [0.25, 0.3) is 0 Å². The predicted octanol–water partition coefficient (Wildman–Crippen LogP) is -7.30. The molecule has 0 fully saturated rings. The first-order chi connectivity index (χ1) is 5.00. The topological polar surface area (TPSA) is 80.3 Å². The van der Waals surface area contributed by atoms with Gasteiger partial charge in [0.1, 0.15) is 0 Å². The Kier molecular flexibility index (Phi) is 17.2. The minimum atomic E-state index is -5.75. The fourth-order valence-corrected chi connectivity index (χ4v) is 0.385. The summed E-state index contributed by atoms with van der Waals surface area (Å²) in [7, 11) is 0. The van der Waals surface area contributed by atoms with E-state index in [2.05, 4.69) is 0 Å². The summed E-state index contributed by atoms with van der Waals surface area (Å²) < 4.78 is 34.4. The number of benzene rings is 1. The molecule has 1 rings (SSSR count). The molecule has 1 aromatic rings. The third kappa shape index (κ3) is 31.9. The summed E-state index contributed by atoms with van der Waals surface area (Å²) in [5, 5.41) is 0. The van der Waals surface area contributed by atoms with E-state index in [1.54, 1.807) is 0 Å². The Morgan fingerprint density at radius 1 is 0.692 bits per heavy atom. The van der Waals surface area contributed by atoms with E-state index in [1.165, 1.54) is 0 Å². The smallest absolute Gasteiger partial charge is 0.0623 e. The van der Waals surface area contributed by atoms with Gasteiger partial charge in [0, 0.05) is 0 Å². The fourth-order valence-electron chi connectivity index (χ4n) is 0.385. The summed E-state index contributed by atoms with van der Waals surface area (Å²) in [6.07, 6.45) is 0. The molecule has 0 amide bonds. The SMILES string of the molecule is O=[Se](=O)([O-])[O-].[Na+].[Na+].c1ccccc1. The van der Waals surface area contributed by atoms with Crippen LogP contribution in [0.25, 0.3) is 0 Å². The van der Waals surface area contributed by atoms with Gasteiger partial charge in [0.05, 0.1) is 0 Å². The van der Waals surface area contributed by atoms with Crippen molar-refractivity contribution in [2.24, 2.45) is 0 Å². The van der Waals surface area contributed by atoms with E-state index in [4.69, 9.17) is 16.0 Å². The minimum Gasteiger partial charge on any atom is -0.0623 e. The maximum atomic E-state index is 8.59. The molecule has 0 N–H and O–H groups in total. The molecule has 0 aliphatic carbocycles. The second-order valence-electron chi connectivity index (χ2n) is 1.56. The van der Waals surface area contributed by atoms with Crippen LogP contribution < -0.4 is 67.5 Å². The van der Waals surface area contributed by atoms with E-state index in [-0.39, 0.29) is 59.1 Å². The van der Waals surface area contributed by atoms with Gasteiger partial charge in [-0.3, -0.25) is 0 Å². The molecule has 0 radical (unpaired) electrons. The van der Waals surface area contributed by atoms with Gasteiger partial charge in [0.2, 0.25) is 0 Å². The maximum Gasteiger partial charge on any atom is 1.00 e. The van der Waals surface area contributed by atoms with E-state index in [0.29, 0.717) is 0 Å². The number of hydrogen-bond donors (Lipinski definition) is 0. The molecule has 0 aromatic heterocycles. The number of hydrogen-bond acceptors (Lipinski definition) is 4. The van der Waals surface area contributed by atoms with Gasteiger partial charge in [-0.15, -0.1) is 0 Å². The van der Waals surface area contributed by atoms with Crippen molar-refractivity contribution in [2.45, 2.75) is 0 Å². The first kappa shape index (κ1) is 19.8. The minimum absolute atomic E-state index is 0. The van der Waals surface area contributed by atoms with E-state index < -0.39 is 13.4 Å². The Bertz CT molecular complexity index is 239. The van der Waals surface area contributed by atoms with Crippen LogP contribution in [0.2, 0.25) is 0 Å². The van der Waals surface area contributed by atoms with E-state index in [9.17, 15) is 0 Å². The van der Waals surface area contributed by atoms with Crippen LogP contribution in [0.3, 0.4) is 0 Å². The Morgan fingerprint density at radius 3 is 0.846 bits per heavy atom. The molecule has 0 aliphatic rings. The first-order valence-electron chi connectivity index (χ1n) is 2.67. The maximum absolute atomic E-state index is 8.59. The first-order valence-corrected chi connectivity index (χ1v) is 5.46. The number of rotatable bonds is 0. The molecule has 0 saturated carbocycles. The van der Waals surface area contributed by atoms with Crippen LogP contribution in [0.5, 0.6) is 0 Å². The molecule has 1 aromatic carbocycles. The monoisotopic (exact) mass is 268 g/mol. The van der Waals surface area contributed by atoms with Crippen molar-refractivity contribution >= 4 is 13.4 Å². The van der Waals surface area contributed by atoms with Gasteiger partial charge < -0.3 is 0 Å². The molecule has 13 heavy (non-hydrogen) atoms. The molecule has 0 spiro atoms. The van der Waals surface area contributed by atoms with Gasteiger partial charge in [-0.05, 0) is 0 Å². The van der Waals surface area contributed by atoms with Crippen LogP contribution in [-0.4, -0.2) is 13.4 Å². The summed E-state index contributed by atoms with van der Waals surface area (Å²) in [6.45, 7) is 0. The fraction of sp³-hybridized carbons (Fsp3) is 0. The molecule has 4 nitrogen and oxygen atoms in total. The van der Waals surface area contributed by atoms with Crippen molar-refractivity contribution in [1.82, 2.24) is 0 Å². The van der Waals surface area contributed by atoms with Crippen LogP contribution in [0.1, 0.15) is 0 Å². The van der Waals surface area contributed by atoms with Crippen molar-refractivity contribution in [1.29, 1.82) is 0 Å². The Hall–Kier alpha value is 1.26. The molecule has 0 saturated heterocycles. The van der Waals surface area contributed by atoms with E-state index >= 15 is 0 Å². The summed E-state index contributed by atoms with van der Waals surface area (Å²) in [5.74, 6) is 0. The van der Waals surface area contributed by atoms with Crippen LogP contribution >= 0.6 is 0 Å². The van der Waals surface area contributed by atoms with E-state index in [1.807, 2.05) is 36.4 Å². The van der Waals surface area contributed by atoms with Crippen LogP contribution in [0, 0.1) is 0 Å². The molecule has 7 heteroatoms. The third-order valence-electron chi connectivity index (χ3n) is 0.667. The molecular weight excluding hydrogens is 261 g/mol. The van der Waals surface area contributed by atoms with Crippen LogP contribution in [-0.2, 0) is 7.67 Å². The second-order valence-corrected chi connectivity index (χ2v) is 3.28. The van der Waals surface area contributed by atoms with Gasteiger partial charge in [-0.1, -0.05) is 36.4 Å². The van der Waals surface area contributed by atoms with Crippen LogP contribution in [0.4, 0.5) is 0 Å².